The molecule has 12 heteroatoms. The zero-order valence-corrected chi connectivity index (χ0v) is 10.6. The van der Waals surface area contributed by atoms with Gasteiger partial charge in [0.05, 0.1) is 22.4 Å². The van der Waals surface area contributed by atoms with Gasteiger partial charge in [0, 0.05) is 17.8 Å². The van der Waals surface area contributed by atoms with Crippen LogP contribution in [0.5, 0.6) is 0 Å². The van der Waals surface area contributed by atoms with Crippen LogP contribution in [-0.2, 0) is 0 Å². The molecule has 3 aromatic rings. The smallest absolute Gasteiger partial charge is 0.258 e. The molecule has 0 atom stereocenters. The Balaban J connectivity index is 2.15. The van der Waals surface area contributed by atoms with Crippen LogP contribution in [0.1, 0.15) is 6.55 Å². The number of aromatic nitrogens is 7. The van der Waals surface area contributed by atoms with Crippen LogP contribution in [0.3, 0.4) is 0 Å². The van der Waals surface area contributed by atoms with Crippen LogP contribution in [0.15, 0.2) is 24.7 Å². The summed E-state index contributed by atoms with van der Waals surface area (Å²) in [4.78, 5) is 14.2. The maximum atomic E-state index is 12.6. The fraction of sp³-hybridized carbons (Fsp3) is 0.100. The van der Waals surface area contributed by atoms with Gasteiger partial charge in [0.25, 0.3) is 5.69 Å². The molecule has 1 N–H and O–H groups in total. The maximum Gasteiger partial charge on any atom is 0.333 e. The molecule has 0 fully saturated rings. The highest BCUT2D eigenvalue weighted by atomic mass is 19.3. The van der Waals surface area contributed by atoms with Crippen LogP contribution in [0.2, 0.25) is 0 Å². The number of alkyl halides is 2. The van der Waals surface area contributed by atoms with Gasteiger partial charge < -0.3 is 0 Å². The second kappa shape index (κ2) is 5.23. The first-order chi connectivity index (χ1) is 10.6. The van der Waals surface area contributed by atoms with Crippen molar-refractivity contribution < 1.29 is 13.7 Å². The van der Waals surface area contributed by atoms with Crippen molar-refractivity contribution in [2.24, 2.45) is 0 Å². The van der Waals surface area contributed by atoms with Crippen molar-refractivity contribution in [3.05, 3.63) is 34.8 Å². The van der Waals surface area contributed by atoms with Gasteiger partial charge in [0.1, 0.15) is 6.20 Å². The minimum atomic E-state index is -2.80. The van der Waals surface area contributed by atoms with Crippen LogP contribution in [0.25, 0.3) is 22.6 Å². The Hall–Kier alpha value is -3.31. The fourth-order valence-electron chi connectivity index (χ4n) is 1.80. The molecule has 0 spiro atoms. The van der Waals surface area contributed by atoms with Gasteiger partial charge in [-0.05, 0) is 10.4 Å². The van der Waals surface area contributed by atoms with Crippen LogP contribution in [-0.4, -0.2) is 40.3 Å². The molecule has 0 saturated carbocycles. The highest BCUT2D eigenvalue weighted by molar-refractivity contribution is 5.77. The number of H-pyrrole nitrogens is 1. The summed E-state index contributed by atoms with van der Waals surface area (Å²) in [6, 6.07) is 1.20. The lowest BCUT2D eigenvalue weighted by molar-refractivity contribution is -0.385. The number of aromatic amines is 1. The number of rotatable bonds is 4. The first-order valence-electron chi connectivity index (χ1n) is 5.77. The van der Waals surface area contributed by atoms with E-state index in [0.29, 0.717) is 4.68 Å². The standard InChI is InChI=1S/C10H6F2N8O2/c11-10(12)19-4-5(2-14-19)8-7(9-15-17-18-16-9)1-6(3-13-8)20(21)22/h1-4,10H,(H,15,16,17,18). The van der Waals surface area contributed by atoms with E-state index >= 15 is 0 Å². The summed E-state index contributed by atoms with van der Waals surface area (Å²) in [7, 11) is 0. The third-order valence-corrected chi connectivity index (χ3v) is 2.76. The normalized spacial score (nSPS) is 11.0. The highest BCUT2D eigenvalue weighted by Gasteiger charge is 2.19. The van der Waals surface area contributed by atoms with Crippen molar-refractivity contribution >= 4 is 5.69 Å². The van der Waals surface area contributed by atoms with E-state index in [0.717, 1.165) is 12.4 Å². The molecule has 10 nitrogen and oxygen atoms in total. The van der Waals surface area contributed by atoms with Crippen LogP contribution in [0, 0.1) is 10.1 Å². The Morgan fingerprint density at radius 3 is 2.77 bits per heavy atom. The molecule has 0 aliphatic rings. The molecular formula is C10H6F2N8O2. The van der Waals surface area contributed by atoms with E-state index in [1.807, 2.05) is 0 Å². The van der Waals surface area contributed by atoms with E-state index in [2.05, 4.69) is 30.7 Å². The molecule has 0 aromatic carbocycles. The van der Waals surface area contributed by atoms with Crippen molar-refractivity contribution in [1.29, 1.82) is 0 Å². The molecular weight excluding hydrogens is 302 g/mol. The quantitative estimate of drug-likeness (QED) is 0.570. The van der Waals surface area contributed by atoms with Gasteiger partial charge in [-0.2, -0.15) is 13.9 Å². The molecule has 0 bridgehead atoms. The molecule has 3 aromatic heterocycles. The molecule has 3 rings (SSSR count). The van der Waals surface area contributed by atoms with Gasteiger partial charge in [0.2, 0.25) is 0 Å². The van der Waals surface area contributed by atoms with E-state index in [4.69, 9.17) is 0 Å². The lowest BCUT2D eigenvalue weighted by Crippen LogP contribution is -1.97. The summed E-state index contributed by atoms with van der Waals surface area (Å²) in [5, 5.41) is 27.2. The second-order valence-corrected chi connectivity index (χ2v) is 4.08. The summed E-state index contributed by atoms with van der Waals surface area (Å²) < 4.78 is 25.6. The van der Waals surface area contributed by atoms with E-state index in [-0.39, 0.29) is 28.3 Å². The molecule has 0 aliphatic carbocycles. The van der Waals surface area contributed by atoms with Gasteiger partial charge in [-0.3, -0.25) is 10.1 Å². The van der Waals surface area contributed by atoms with Gasteiger partial charge in [-0.25, -0.2) is 14.8 Å². The second-order valence-electron chi connectivity index (χ2n) is 4.08. The minimum absolute atomic E-state index is 0.121. The largest absolute Gasteiger partial charge is 0.333 e. The Labute approximate surface area is 119 Å². The van der Waals surface area contributed by atoms with E-state index < -0.39 is 11.5 Å². The maximum absolute atomic E-state index is 12.6. The van der Waals surface area contributed by atoms with Crippen molar-refractivity contribution in [2.75, 3.05) is 0 Å². The van der Waals surface area contributed by atoms with Crippen LogP contribution < -0.4 is 0 Å². The lowest BCUT2D eigenvalue weighted by Gasteiger charge is -2.03. The minimum Gasteiger partial charge on any atom is -0.258 e. The number of tetrazole rings is 1. The van der Waals surface area contributed by atoms with Crippen molar-refractivity contribution in [1.82, 2.24) is 35.4 Å². The van der Waals surface area contributed by atoms with Crippen LogP contribution >= 0.6 is 0 Å². The summed E-state index contributed by atoms with van der Waals surface area (Å²) in [6.07, 6.45) is 3.27. The SMILES string of the molecule is O=[N+]([O-])c1cnc(-c2cnn(C(F)F)c2)c(-c2nnn[nH]2)c1. The van der Waals surface area contributed by atoms with E-state index in [1.54, 1.807) is 0 Å². The third kappa shape index (κ3) is 2.36. The van der Waals surface area contributed by atoms with E-state index in [1.165, 1.54) is 12.3 Å². The van der Waals surface area contributed by atoms with Gasteiger partial charge in [-0.15, -0.1) is 5.10 Å². The Kier molecular flexibility index (Phi) is 3.25. The average Bonchev–Trinajstić information content (AvgIpc) is 3.18. The topological polar surface area (TPSA) is 128 Å². The Morgan fingerprint density at radius 1 is 1.36 bits per heavy atom. The summed E-state index contributed by atoms with van der Waals surface area (Å²) in [5.41, 5.74) is 0.363. The number of pyridine rings is 1. The van der Waals surface area contributed by atoms with Crippen LogP contribution in [0.4, 0.5) is 14.5 Å². The lowest BCUT2D eigenvalue weighted by atomic mass is 10.1. The molecule has 0 aliphatic heterocycles. The molecule has 0 saturated heterocycles. The molecule has 0 radical (unpaired) electrons. The fourth-order valence-corrected chi connectivity index (χ4v) is 1.80. The average molecular weight is 308 g/mol. The predicted molar refractivity (Wildman–Crippen MR) is 66.5 cm³/mol. The predicted octanol–water partition coefficient (Wildman–Crippen LogP) is 1.43. The molecule has 112 valence electrons. The molecule has 22 heavy (non-hydrogen) atoms. The van der Waals surface area contributed by atoms with Crippen molar-refractivity contribution in [3.8, 4) is 22.6 Å². The van der Waals surface area contributed by atoms with Gasteiger partial charge in [-0.1, -0.05) is 0 Å². The number of hydrogen-bond acceptors (Lipinski definition) is 7. The monoisotopic (exact) mass is 308 g/mol. The zero-order chi connectivity index (χ0) is 15.7. The summed E-state index contributed by atoms with van der Waals surface area (Å²) in [6.45, 7) is -2.80. The van der Waals surface area contributed by atoms with Crippen molar-refractivity contribution in [3.63, 3.8) is 0 Å². The first kappa shape index (κ1) is 13.7. The number of halogens is 2. The zero-order valence-electron chi connectivity index (χ0n) is 10.6. The van der Waals surface area contributed by atoms with Gasteiger partial charge >= 0.3 is 6.55 Å². The van der Waals surface area contributed by atoms with Crippen molar-refractivity contribution in [2.45, 2.75) is 6.55 Å². The summed E-state index contributed by atoms with van der Waals surface area (Å²) in [5.74, 6) is 0.121. The Morgan fingerprint density at radius 2 is 2.18 bits per heavy atom. The molecule has 0 unspecified atom stereocenters. The third-order valence-electron chi connectivity index (χ3n) is 2.76. The summed E-state index contributed by atoms with van der Waals surface area (Å²) >= 11 is 0. The van der Waals surface area contributed by atoms with Gasteiger partial charge in [0.15, 0.2) is 5.82 Å². The number of nitrogens with zero attached hydrogens (tertiary/aromatic N) is 7. The number of nitrogens with one attached hydrogen (secondary N) is 1. The number of hydrogen-bond donors (Lipinski definition) is 1. The van der Waals surface area contributed by atoms with E-state index in [9.17, 15) is 18.9 Å². The first-order valence-corrected chi connectivity index (χ1v) is 5.77. The Bertz CT molecular complexity index is 816. The molecule has 0 amide bonds. The highest BCUT2D eigenvalue weighted by Crippen LogP contribution is 2.31. The molecule has 3 heterocycles. The number of nitro groups is 1.